The molecule has 0 N–H and O–H groups in total. The van der Waals surface area contributed by atoms with Crippen LogP contribution in [0.15, 0.2) is 35.2 Å². The summed E-state index contributed by atoms with van der Waals surface area (Å²) in [6.07, 6.45) is 5.64. The molecule has 22 heavy (non-hydrogen) atoms. The van der Waals surface area contributed by atoms with Crippen LogP contribution < -0.4 is 4.90 Å². The van der Waals surface area contributed by atoms with Gasteiger partial charge in [0.05, 0.1) is 11.8 Å². The van der Waals surface area contributed by atoms with Crippen LogP contribution in [0.25, 0.3) is 11.5 Å². The Kier molecular flexibility index (Phi) is 3.86. The van der Waals surface area contributed by atoms with Crippen LogP contribution in [0.5, 0.6) is 0 Å². The molecular weight excluding hydrogens is 280 g/mol. The van der Waals surface area contributed by atoms with Gasteiger partial charge in [-0.05, 0) is 26.0 Å². The maximum Gasteiger partial charge on any atom is 0.259 e. The van der Waals surface area contributed by atoms with Crippen molar-refractivity contribution >= 4 is 5.82 Å². The lowest BCUT2D eigenvalue weighted by Gasteiger charge is -2.21. The number of aromatic nitrogens is 5. The summed E-state index contributed by atoms with van der Waals surface area (Å²) in [5.74, 6) is 2.02. The van der Waals surface area contributed by atoms with Gasteiger partial charge < -0.3 is 9.42 Å². The van der Waals surface area contributed by atoms with Crippen molar-refractivity contribution < 1.29 is 4.52 Å². The number of pyridine rings is 1. The lowest BCUT2D eigenvalue weighted by atomic mass is 10.2. The van der Waals surface area contributed by atoms with Crippen molar-refractivity contribution in [1.29, 1.82) is 0 Å². The quantitative estimate of drug-likeness (QED) is 0.719. The highest BCUT2D eigenvalue weighted by Gasteiger charge is 2.11. The molecule has 0 saturated heterocycles. The molecule has 0 aliphatic rings. The van der Waals surface area contributed by atoms with Gasteiger partial charge in [-0.25, -0.2) is 4.98 Å². The number of hydrogen-bond acceptors (Lipinski definition) is 6. The Hall–Kier alpha value is -2.70. The number of aryl methyl sites for hydroxylation is 2. The summed E-state index contributed by atoms with van der Waals surface area (Å²) in [5.41, 5.74) is 1.98. The maximum atomic E-state index is 5.15. The summed E-state index contributed by atoms with van der Waals surface area (Å²) in [6.45, 7) is 5.53. The summed E-state index contributed by atoms with van der Waals surface area (Å²) in [5, 5.41) is 7.99. The molecule has 114 valence electrons. The van der Waals surface area contributed by atoms with Crippen LogP contribution in [0.4, 0.5) is 5.82 Å². The molecule has 0 aliphatic carbocycles. The number of anilines is 1. The van der Waals surface area contributed by atoms with Gasteiger partial charge in [0, 0.05) is 38.1 Å². The van der Waals surface area contributed by atoms with Crippen LogP contribution >= 0.6 is 0 Å². The third-order valence-corrected chi connectivity index (χ3v) is 3.36. The van der Waals surface area contributed by atoms with Crippen molar-refractivity contribution in [2.45, 2.75) is 20.4 Å². The predicted octanol–water partition coefficient (Wildman–Crippen LogP) is 2.20. The van der Waals surface area contributed by atoms with E-state index in [0.29, 0.717) is 11.7 Å². The fourth-order valence-corrected chi connectivity index (χ4v) is 2.24. The molecule has 7 nitrogen and oxygen atoms in total. The minimum Gasteiger partial charge on any atom is -0.352 e. The minimum atomic E-state index is 0.492. The van der Waals surface area contributed by atoms with Crippen LogP contribution in [0, 0.1) is 6.92 Å². The Bertz CT molecular complexity index is 745. The van der Waals surface area contributed by atoms with E-state index in [1.165, 1.54) is 0 Å². The van der Waals surface area contributed by atoms with E-state index in [1.54, 1.807) is 17.8 Å². The summed E-state index contributed by atoms with van der Waals surface area (Å²) >= 11 is 0. The second kappa shape index (κ2) is 5.97. The SMILES string of the molecule is CCN(Cc1cnn(C)c1)c1ccc(-c2nc(C)no2)cn1. The first kappa shape index (κ1) is 14.2. The van der Waals surface area contributed by atoms with E-state index in [9.17, 15) is 0 Å². The molecule has 3 aromatic heterocycles. The predicted molar refractivity (Wildman–Crippen MR) is 82.2 cm³/mol. The molecule has 0 bridgehead atoms. The van der Waals surface area contributed by atoms with Crippen molar-refractivity contribution in [1.82, 2.24) is 24.9 Å². The lowest BCUT2D eigenvalue weighted by Crippen LogP contribution is -2.22. The maximum absolute atomic E-state index is 5.15. The van der Waals surface area contributed by atoms with E-state index in [1.807, 2.05) is 31.6 Å². The summed E-state index contributed by atoms with van der Waals surface area (Å²) < 4.78 is 6.95. The first-order valence-corrected chi connectivity index (χ1v) is 7.15. The van der Waals surface area contributed by atoms with E-state index in [0.717, 1.165) is 30.0 Å². The van der Waals surface area contributed by atoms with Gasteiger partial charge in [0.25, 0.3) is 5.89 Å². The van der Waals surface area contributed by atoms with Gasteiger partial charge >= 0.3 is 0 Å². The fraction of sp³-hybridized carbons (Fsp3) is 0.333. The molecule has 0 saturated carbocycles. The molecule has 0 radical (unpaired) electrons. The number of hydrogen-bond donors (Lipinski definition) is 0. The Labute approximate surface area is 128 Å². The molecule has 3 heterocycles. The molecular formula is C15H18N6O. The van der Waals surface area contributed by atoms with E-state index < -0.39 is 0 Å². The van der Waals surface area contributed by atoms with Crippen molar-refractivity contribution in [2.75, 3.05) is 11.4 Å². The zero-order valence-electron chi connectivity index (χ0n) is 12.9. The first-order chi connectivity index (χ1) is 10.7. The monoisotopic (exact) mass is 298 g/mol. The van der Waals surface area contributed by atoms with Gasteiger partial charge in [-0.2, -0.15) is 10.1 Å². The molecule has 0 amide bonds. The third-order valence-electron chi connectivity index (χ3n) is 3.36. The van der Waals surface area contributed by atoms with Crippen molar-refractivity contribution in [3.8, 4) is 11.5 Å². The largest absolute Gasteiger partial charge is 0.352 e. The van der Waals surface area contributed by atoms with Crippen LogP contribution in [-0.4, -0.2) is 31.4 Å². The molecule has 3 aromatic rings. The zero-order chi connectivity index (χ0) is 15.5. The average Bonchev–Trinajstić information content (AvgIpc) is 3.14. The topological polar surface area (TPSA) is 72.9 Å². The molecule has 0 aromatic carbocycles. The van der Waals surface area contributed by atoms with Gasteiger partial charge in [0.2, 0.25) is 0 Å². The number of nitrogens with zero attached hydrogens (tertiary/aromatic N) is 6. The molecule has 7 heteroatoms. The highest BCUT2D eigenvalue weighted by atomic mass is 16.5. The number of rotatable bonds is 5. The summed E-state index contributed by atoms with van der Waals surface area (Å²) in [4.78, 5) is 10.9. The zero-order valence-corrected chi connectivity index (χ0v) is 12.9. The molecule has 0 unspecified atom stereocenters. The van der Waals surface area contributed by atoms with Crippen LogP contribution in [0.3, 0.4) is 0 Å². The van der Waals surface area contributed by atoms with Crippen molar-refractivity contribution in [3.05, 3.63) is 42.1 Å². The molecule has 3 rings (SSSR count). The molecule has 0 atom stereocenters. The van der Waals surface area contributed by atoms with Gasteiger partial charge in [0.15, 0.2) is 5.82 Å². The Balaban J connectivity index is 1.78. The highest BCUT2D eigenvalue weighted by Crippen LogP contribution is 2.20. The lowest BCUT2D eigenvalue weighted by molar-refractivity contribution is 0.425. The molecule has 0 fully saturated rings. The van der Waals surface area contributed by atoms with E-state index >= 15 is 0 Å². The average molecular weight is 298 g/mol. The smallest absolute Gasteiger partial charge is 0.259 e. The standard InChI is InChI=1S/C15H18N6O/c1-4-21(10-12-7-17-20(3)9-12)14-6-5-13(8-16-14)15-18-11(2)19-22-15/h5-9H,4,10H2,1-3H3. The Morgan fingerprint density at radius 1 is 1.27 bits per heavy atom. The van der Waals surface area contributed by atoms with Crippen LogP contribution in [-0.2, 0) is 13.6 Å². The second-order valence-corrected chi connectivity index (χ2v) is 5.09. The summed E-state index contributed by atoms with van der Waals surface area (Å²) in [7, 11) is 1.92. The van der Waals surface area contributed by atoms with Gasteiger partial charge in [0.1, 0.15) is 5.82 Å². The van der Waals surface area contributed by atoms with Gasteiger partial charge in [-0.1, -0.05) is 5.16 Å². The van der Waals surface area contributed by atoms with E-state index in [4.69, 9.17) is 4.52 Å². The highest BCUT2D eigenvalue weighted by molar-refractivity contribution is 5.54. The Morgan fingerprint density at radius 3 is 2.68 bits per heavy atom. The third kappa shape index (κ3) is 2.98. The summed E-state index contributed by atoms with van der Waals surface area (Å²) in [6, 6.07) is 3.91. The second-order valence-electron chi connectivity index (χ2n) is 5.09. The first-order valence-electron chi connectivity index (χ1n) is 7.15. The fourth-order valence-electron chi connectivity index (χ4n) is 2.24. The normalized spacial score (nSPS) is 10.9. The molecule has 0 spiro atoms. The van der Waals surface area contributed by atoms with Crippen LogP contribution in [0.1, 0.15) is 18.3 Å². The minimum absolute atomic E-state index is 0.492. The van der Waals surface area contributed by atoms with E-state index in [-0.39, 0.29) is 0 Å². The van der Waals surface area contributed by atoms with E-state index in [2.05, 4.69) is 32.0 Å². The van der Waals surface area contributed by atoms with Gasteiger partial charge in [-0.3, -0.25) is 4.68 Å². The Morgan fingerprint density at radius 2 is 2.14 bits per heavy atom. The van der Waals surface area contributed by atoms with Crippen molar-refractivity contribution in [2.24, 2.45) is 7.05 Å². The van der Waals surface area contributed by atoms with Gasteiger partial charge in [-0.15, -0.1) is 0 Å². The molecule has 0 aliphatic heterocycles. The van der Waals surface area contributed by atoms with Crippen LogP contribution in [0.2, 0.25) is 0 Å². The van der Waals surface area contributed by atoms with Crippen molar-refractivity contribution in [3.63, 3.8) is 0 Å².